The number of benzene rings is 6. The van der Waals surface area contributed by atoms with E-state index in [1.165, 1.54) is 59.9 Å². The average molecular weight is 1030 g/mol. The zero-order valence-electron chi connectivity index (χ0n) is 43.1. The maximum atomic E-state index is 6.60. The lowest BCUT2D eigenvalue weighted by atomic mass is 9.63. The van der Waals surface area contributed by atoms with E-state index in [1.54, 1.807) is 0 Å². The molecule has 2 fully saturated rings. The number of nitrogens with zero attached hydrogens (tertiary/aromatic N) is 1. The molecule has 2 aliphatic heterocycles. The second-order valence-corrected chi connectivity index (χ2v) is 24.9. The number of halogens is 3. The van der Waals surface area contributed by atoms with Gasteiger partial charge in [0.1, 0.15) is 22.7 Å². The van der Waals surface area contributed by atoms with E-state index in [0.717, 1.165) is 79.3 Å². The molecule has 1 N–H and O–H groups in total. The van der Waals surface area contributed by atoms with Gasteiger partial charge in [0, 0.05) is 64.9 Å². The molecule has 4 aliphatic rings. The maximum Gasteiger partial charge on any atom is 0.124 e. The Kier molecular flexibility index (Phi) is 14.3. The zero-order valence-corrected chi connectivity index (χ0v) is 46.2. The minimum Gasteiger partial charge on any atom is -0.486 e. The van der Waals surface area contributed by atoms with Gasteiger partial charge in [0.25, 0.3) is 0 Å². The Hall–Kier alpha value is -4.42. The van der Waals surface area contributed by atoms with Crippen LogP contribution in [0.2, 0.25) is 10.0 Å². The molecule has 6 aromatic carbocycles. The molecule has 0 bridgehead atoms. The number of hydrogen-bond donors (Lipinski definition) is 1. The van der Waals surface area contributed by atoms with Gasteiger partial charge in [-0.05, 0) is 196 Å². The van der Waals surface area contributed by atoms with Gasteiger partial charge in [0.2, 0.25) is 0 Å². The predicted molar refractivity (Wildman–Crippen MR) is 298 cm³/mol. The number of rotatable bonds is 5. The Morgan fingerprint density at radius 3 is 1.45 bits per heavy atom. The molecule has 0 spiro atoms. The summed E-state index contributed by atoms with van der Waals surface area (Å²) in [5, 5.41) is 5.11. The van der Waals surface area contributed by atoms with Crippen molar-refractivity contribution in [1.82, 2.24) is 0 Å². The molecule has 7 heteroatoms. The molecular formula is C62H73BrCl2N2O2. The number of fused-ring (bicyclic) bond motifs is 6. The van der Waals surface area contributed by atoms with E-state index < -0.39 is 0 Å². The quantitative estimate of drug-likeness (QED) is 0.187. The van der Waals surface area contributed by atoms with E-state index in [0.29, 0.717) is 0 Å². The minimum atomic E-state index is -0.127. The smallest absolute Gasteiger partial charge is 0.124 e. The SMILES string of the molecule is CC(C)(C)c1ccc(Nc2ccc3c(c2)C2(C)CCCCC2(C)O3)cc1.Cc1cc(Cl)cc(Br)c1.Cc1cc(Cl)cc(N(c2ccc(C(C)(C)C)cc2)c2ccc3c(c2)C2(C)CCCCC2(C)O3)c1. The molecule has 4 atom stereocenters. The Morgan fingerprint density at radius 2 is 0.942 bits per heavy atom. The molecular weight excluding hydrogens is 956 g/mol. The van der Waals surface area contributed by atoms with E-state index in [2.05, 4.69) is 199 Å². The second kappa shape index (κ2) is 19.3. The highest BCUT2D eigenvalue weighted by Crippen LogP contribution is 2.58. The number of hydrogen-bond acceptors (Lipinski definition) is 4. The molecule has 10 rings (SSSR count). The summed E-state index contributed by atoms with van der Waals surface area (Å²) in [7, 11) is 0. The van der Waals surface area contributed by atoms with Gasteiger partial charge in [-0.1, -0.05) is 132 Å². The molecule has 2 aliphatic carbocycles. The number of nitrogens with one attached hydrogen (secondary N) is 1. The molecule has 0 amide bonds. The summed E-state index contributed by atoms with van der Waals surface area (Å²) in [4.78, 5) is 2.33. The first-order chi connectivity index (χ1) is 32.4. The Bertz CT molecular complexity index is 2740. The van der Waals surface area contributed by atoms with Crippen molar-refractivity contribution in [1.29, 1.82) is 0 Å². The summed E-state index contributed by atoms with van der Waals surface area (Å²) in [6.45, 7) is 27.0. The molecule has 6 aromatic rings. The van der Waals surface area contributed by atoms with Crippen molar-refractivity contribution in [2.45, 2.75) is 167 Å². The van der Waals surface area contributed by atoms with Crippen molar-refractivity contribution in [2.24, 2.45) is 0 Å². The van der Waals surface area contributed by atoms with E-state index in [-0.39, 0.29) is 32.9 Å². The first-order valence-electron chi connectivity index (χ1n) is 25.1. The first-order valence-corrected chi connectivity index (χ1v) is 26.6. The van der Waals surface area contributed by atoms with E-state index >= 15 is 0 Å². The zero-order chi connectivity index (χ0) is 49.7. The van der Waals surface area contributed by atoms with Crippen LogP contribution in [0.5, 0.6) is 11.5 Å². The highest BCUT2D eigenvalue weighted by Gasteiger charge is 2.56. The van der Waals surface area contributed by atoms with Crippen LogP contribution in [0.3, 0.4) is 0 Å². The molecule has 4 nitrogen and oxygen atoms in total. The molecule has 69 heavy (non-hydrogen) atoms. The van der Waals surface area contributed by atoms with Gasteiger partial charge in [-0.15, -0.1) is 0 Å². The fourth-order valence-electron chi connectivity index (χ4n) is 11.2. The fourth-order valence-corrected chi connectivity index (χ4v) is 12.5. The van der Waals surface area contributed by atoms with Crippen LogP contribution < -0.4 is 19.7 Å². The Labute approximate surface area is 432 Å². The van der Waals surface area contributed by atoms with Crippen molar-refractivity contribution < 1.29 is 9.47 Å². The maximum absolute atomic E-state index is 6.60. The first kappa shape index (κ1) is 51.0. The topological polar surface area (TPSA) is 33.7 Å². The highest BCUT2D eigenvalue weighted by atomic mass is 79.9. The molecule has 364 valence electrons. The summed E-state index contributed by atoms with van der Waals surface area (Å²) in [6, 6.07) is 43.2. The van der Waals surface area contributed by atoms with Crippen molar-refractivity contribution in [3.8, 4) is 11.5 Å². The molecule has 4 unspecified atom stereocenters. The predicted octanol–water partition coefficient (Wildman–Crippen LogP) is 19.5. The van der Waals surface area contributed by atoms with E-state index in [9.17, 15) is 0 Å². The van der Waals surface area contributed by atoms with Gasteiger partial charge >= 0.3 is 0 Å². The van der Waals surface area contributed by atoms with Crippen LogP contribution in [-0.2, 0) is 21.7 Å². The third-order valence-corrected chi connectivity index (χ3v) is 16.8. The normalized spacial score (nSPS) is 23.3. The third kappa shape index (κ3) is 10.5. The lowest BCUT2D eigenvalue weighted by Crippen LogP contribution is -2.49. The summed E-state index contributed by atoms with van der Waals surface area (Å²) in [5.74, 6) is 2.12. The Balaban J connectivity index is 0.000000161. The van der Waals surface area contributed by atoms with E-state index in [4.69, 9.17) is 32.7 Å². The van der Waals surface area contributed by atoms with Crippen LogP contribution in [0.4, 0.5) is 28.4 Å². The number of anilines is 5. The monoisotopic (exact) mass is 1030 g/mol. The summed E-state index contributed by atoms with van der Waals surface area (Å²) in [5.41, 5.74) is 13.6. The lowest BCUT2D eigenvalue weighted by Gasteiger charge is -2.43. The van der Waals surface area contributed by atoms with Crippen LogP contribution >= 0.6 is 39.1 Å². The van der Waals surface area contributed by atoms with Crippen molar-refractivity contribution >= 4 is 67.6 Å². The standard InChI is InChI=1S/C31H36ClNO.C24H31NO.C7H6BrCl/c1-21-17-23(32)19-26(18-21)33(24-11-9-22(10-12-24)29(2,3)4)25-13-14-28-27(20-25)30(5)15-7-8-16-31(30,6)34-28;1-22(2,3)17-8-10-18(11-9-17)25-19-12-13-21-20(16-19)23(4)14-6-7-15-24(23,5)26-21;1-5-2-6(8)4-7(9)3-5/h9-14,17-20H,7-8,15-16H2,1-6H3;8-13,16,25H,6-7,14-15H2,1-5H3;2-4H,1H3. The second-order valence-electron chi connectivity index (χ2n) is 23.2. The summed E-state index contributed by atoms with van der Waals surface area (Å²) in [6.07, 6.45) is 9.68. The summed E-state index contributed by atoms with van der Waals surface area (Å²) < 4.78 is 14.1. The highest BCUT2D eigenvalue weighted by molar-refractivity contribution is 9.10. The van der Waals surface area contributed by atoms with Crippen molar-refractivity contribution in [3.05, 3.63) is 169 Å². The van der Waals surface area contributed by atoms with Crippen molar-refractivity contribution in [2.75, 3.05) is 10.2 Å². The fraction of sp³-hybridized carbons (Fsp3) is 0.419. The van der Waals surface area contributed by atoms with Crippen molar-refractivity contribution in [3.63, 3.8) is 0 Å². The van der Waals surface area contributed by atoms with Gasteiger partial charge in [-0.25, -0.2) is 0 Å². The van der Waals surface area contributed by atoms with Crippen LogP contribution in [0.1, 0.15) is 154 Å². The Morgan fingerprint density at radius 1 is 0.493 bits per heavy atom. The minimum absolute atomic E-state index is 0.0304. The van der Waals surface area contributed by atoms with Gasteiger partial charge in [0.15, 0.2) is 0 Å². The van der Waals surface area contributed by atoms with Crippen LogP contribution in [0.25, 0.3) is 0 Å². The van der Waals surface area contributed by atoms with E-state index in [1.807, 2.05) is 31.2 Å². The van der Waals surface area contributed by atoms with Crippen LogP contribution in [0.15, 0.2) is 126 Å². The average Bonchev–Trinajstić information content (AvgIpc) is 3.65. The third-order valence-electron chi connectivity index (χ3n) is 15.9. The lowest BCUT2D eigenvalue weighted by molar-refractivity contribution is 0.00728. The number of aryl methyl sites for hydroxylation is 2. The molecule has 2 saturated carbocycles. The molecule has 0 aromatic heterocycles. The van der Waals surface area contributed by atoms with Gasteiger partial charge < -0.3 is 19.7 Å². The molecule has 0 radical (unpaired) electrons. The van der Waals surface area contributed by atoms with Gasteiger partial charge in [-0.3, -0.25) is 0 Å². The van der Waals surface area contributed by atoms with Crippen LogP contribution in [-0.4, -0.2) is 11.2 Å². The largest absolute Gasteiger partial charge is 0.486 e. The molecule has 2 heterocycles. The summed E-state index contributed by atoms with van der Waals surface area (Å²) >= 11 is 15.6. The molecule has 0 saturated heterocycles. The van der Waals surface area contributed by atoms with Gasteiger partial charge in [0.05, 0.1) is 0 Å². The van der Waals surface area contributed by atoms with Gasteiger partial charge in [-0.2, -0.15) is 0 Å². The van der Waals surface area contributed by atoms with Crippen LogP contribution in [0, 0.1) is 13.8 Å². The number of ether oxygens (including phenoxy) is 2.